The summed E-state index contributed by atoms with van der Waals surface area (Å²) in [5.41, 5.74) is -2.83. The molecule has 0 bridgehead atoms. The second kappa shape index (κ2) is 14.3. The maximum absolute atomic E-state index is 13.3. The topological polar surface area (TPSA) is 129 Å². The first-order valence-electron chi connectivity index (χ1n) is 14.1. The zero-order chi connectivity index (χ0) is 34.4. The highest BCUT2D eigenvalue weighted by Crippen LogP contribution is 2.29. The highest BCUT2D eigenvalue weighted by atomic mass is 19.4. The van der Waals surface area contributed by atoms with Crippen molar-refractivity contribution in [1.82, 2.24) is 5.32 Å². The van der Waals surface area contributed by atoms with Gasteiger partial charge in [0.15, 0.2) is 12.1 Å². The van der Waals surface area contributed by atoms with Gasteiger partial charge in [-0.2, -0.15) is 13.2 Å². The Labute approximate surface area is 260 Å². The Morgan fingerprint density at radius 1 is 0.689 bits per heavy atom. The van der Waals surface area contributed by atoms with E-state index in [9.17, 15) is 32.3 Å². The molecule has 0 fully saturated rings. The van der Waals surface area contributed by atoms with Crippen molar-refractivity contribution >= 4 is 29.6 Å². The predicted octanol–water partition coefficient (Wildman–Crippen LogP) is 6.42. The fraction of sp³-hybridized carbons (Fsp3) is 0.500. The molecule has 2 aromatic carbocycles. The minimum Gasteiger partial charge on any atom is -0.458 e. The lowest BCUT2D eigenvalue weighted by molar-refractivity contribution is -0.180. The molecular formula is C32H41F3N2O8. The van der Waals surface area contributed by atoms with Crippen LogP contribution in [0, 0.1) is 0 Å². The van der Waals surface area contributed by atoms with Gasteiger partial charge < -0.3 is 29.6 Å². The molecule has 0 unspecified atom stereocenters. The molecular weight excluding hydrogens is 597 g/mol. The van der Waals surface area contributed by atoms with E-state index >= 15 is 0 Å². The van der Waals surface area contributed by atoms with Gasteiger partial charge in [-0.3, -0.25) is 4.79 Å². The van der Waals surface area contributed by atoms with Gasteiger partial charge in [-0.1, -0.05) is 12.1 Å². The van der Waals surface area contributed by atoms with Crippen LogP contribution in [-0.4, -0.2) is 52.9 Å². The van der Waals surface area contributed by atoms with Gasteiger partial charge in [0.2, 0.25) is 0 Å². The Morgan fingerprint density at radius 2 is 1.18 bits per heavy atom. The number of nitrogens with one attached hydrogen (secondary N) is 2. The monoisotopic (exact) mass is 638 g/mol. The third kappa shape index (κ3) is 13.2. The van der Waals surface area contributed by atoms with Gasteiger partial charge in [-0.25, -0.2) is 14.4 Å². The van der Waals surface area contributed by atoms with Crippen LogP contribution in [0.5, 0.6) is 0 Å². The van der Waals surface area contributed by atoms with E-state index in [1.807, 2.05) is 0 Å². The van der Waals surface area contributed by atoms with Crippen LogP contribution in [0.15, 0.2) is 48.5 Å². The third-order valence-electron chi connectivity index (χ3n) is 5.39. The van der Waals surface area contributed by atoms with E-state index in [1.54, 1.807) is 74.4 Å². The number of benzene rings is 2. The standard InChI is InChI=1S/C32H41F3N2O8/c1-29(2,3)43-26(39)23(37-28(41)45-31(7,8)9)24(27(40)44-30(4,5)6)42-18-19-10-16-22(17-11-19)36-25(38)20-12-14-21(15-13-20)32(33,34)35/h10-17,23-24H,18H2,1-9H3,(H,36,38)(H,37,41)/t23-,24-/m0/s1. The van der Waals surface area contributed by atoms with Gasteiger partial charge in [-0.15, -0.1) is 0 Å². The van der Waals surface area contributed by atoms with Crippen molar-refractivity contribution in [2.45, 2.75) is 104 Å². The molecule has 45 heavy (non-hydrogen) atoms. The van der Waals surface area contributed by atoms with Crippen molar-refractivity contribution < 1.29 is 51.3 Å². The lowest BCUT2D eigenvalue weighted by atomic mass is 10.1. The molecule has 2 amide bonds. The normalized spacial score (nSPS) is 13.7. The zero-order valence-electron chi connectivity index (χ0n) is 26.9. The second-order valence-electron chi connectivity index (χ2n) is 13.1. The summed E-state index contributed by atoms with van der Waals surface area (Å²) >= 11 is 0. The summed E-state index contributed by atoms with van der Waals surface area (Å²) in [7, 11) is 0. The average Bonchev–Trinajstić information content (AvgIpc) is 2.85. The van der Waals surface area contributed by atoms with E-state index < -0.39 is 64.6 Å². The van der Waals surface area contributed by atoms with E-state index in [4.69, 9.17) is 18.9 Å². The fourth-order valence-corrected chi connectivity index (χ4v) is 3.60. The smallest absolute Gasteiger partial charge is 0.416 e. The van der Waals surface area contributed by atoms with Crippen molar-refractivity contribution in [3.05, 3.63) is 65.2 Å². The van der Waals surface area contributed by atoms with E-state index in [-0.39, 0.29) is 12.2 Å². The number of halogens is 3. The first-order valence-corrected chi connectivity index (χ1v) is 14.1. The first kappa shape index (κ1) is 37.1. The summed E-state index contributed by atoms with van der Waals surface area (Å²) in [6.45, 7) is 14.4. The molecule has 0 saturated heterocycles. The second-order valence-corrected chi connectivity index (χ2v) is 13.1. The van der Waals surface area contributed by atoms with E-state index in [0.717, 1.165) is 24.3 Å². The van der Waals surface area contributed by atoms with Crippen molar-refractivity contribution in [3.63, 3.8) is 0 Å². The molecule has 2 N–H and O–H groups in total. The quantitative estimate of drug-likeness (QED) is 0.238. The molecule has 0 radical (unpaired) electrons. The van der Waals surface area contributed by atoms with Gasteiger partial charge in [0, 0.05) is 11.3 Å². The number of ether oxygens (including phenoxy) is 4. The number of carbonyl (C=O) groups excluding carboxylic acids is 4. The summed E-state index contributed by atoms with van der Waals surface area (Å²) in [6, 6.07) is 8.32. The Kier molecular flexibility index (Phi) is 11.8. The van der Waals surface area contributed by atoms with E-state index in [1.165, 1.54) is 12.1 Å². The summed E-state index contributed by atoms with van der Waals surface area (Å²) in [5.74, 6) is -2.51. The molecule has 10 nitrogen and oxygen atoms in total. The SMILES string of the molecule is CC(C)(C)OC(=O)N[C@H](C(=O)OC(C)(C)C)[C@H](OCc1ccc(NC(=O)c2ccc(C(F)(F)F)cc2)cc1)C(=O)OC(C)(C)C. The van der Waals surface area contributed by atoms with Crippen LogP contribution in [0.1, 0.15) is 83.8 Å². The van der Waals surface area contributed by atoms with Crippen LogP contribution >= 0.6 is 0 Å². The van der Waals surface area contributed by atoms with Gasteiger partial charge in [0.25, 0.3) is 5.91 Å². The lowest BCUT2D eigenvalue weighted by Gasteiger charge is -2.31. The van der Waals surface area contributed by atoms with Gasteiger partial charge in [-0.05, 0) is 104 Å². The summed E-state index contributed by atoms with van der Waals surface area (Å²) < 4.78 is 60.6. The van der Waals surface area contributed by atoms with Crippen LogP contribution < -0.4 is 10.6 Å². The number of anilines is 1. The molecule has 0 heterocycles. The van der Waals surface area contributed by atoms with Crippen molar-refractivity contribution in [2.75, 3.05) is 5.32 Å². The molecule has 0 spiro atoms. The van der Waals surface area contributed by atoms with Gasteiger partial charge >= 0.3 is 24.2 Å². The summed E-state index contributed by atoms with van der Waals surface area (Å²) in [5, 5.41) is 4.98. The van der Waals surface area contributed by atoms with Crippen LogP contribution in [0.4, 0.5) is 23.7 Å². The minimum atomic E-state index is -4.52. The first-order chi connectivity index (χ1) is 20.4. The van der Waals surface area contributed by atoms with E-state index in [0.29, 0.717) is 11.3 Å². The lowest BCUT2D eigenvalue weighted by Crippen LogP contribution is -2.56. The molecule has 0 saturated carbocycles. The van der Waals surface area contributed by atoms with Crippen molar-refractivity contribution in [3.8, 4) is 0 Å². The van der Waals surface area contributed by atoms with Crippen LogP contribution in [0.25, 0.3) is 0 Å². The summed E-state index contributed by atoms with van der Waals surface area (Å²) in [6.07, 6.45) is -7.15. The predicted molar refractivity (Wildman–Crippen MR) is 159 cm³/mol. The minimum absolute atomic E-state index is 0.0290. The Hall–Kier alpha value is -4.13. The zero-order valence-corrected chi connectivity index (χ0v) is 26.9. The fourth-order valence-electron chi connectivity index (χ4n) is 3.60. The molecule has 0 aliphatic carbocycles. The highest BCUT2D eigenvalue weighted by Gasteiger charge is 2.42. The molecule has 0 aliphatic heterocycles. The molecule has 2 atom stereocenters. The third-order valence-corrected chi connectivity index (χ3v) is 5.39. The molecule has 248 valence electrons. The van der Waals surface area contributed by atoms with Crippen molar-refractivity contribution in [1.29, 1.82) is 0 Å². The number of alkyl halides is 3. The van der Waals surface area contributed by atoms with Crippen LogP contribution in [0.3, 0.4) is 0 Å². The number of hydrogen-bond donors (Lipinski definition) is 2. The van der Waals surface area contributed by atoms with Gasteiger partial charge in [0.05, 0.1) is 12.2 Å². The van der Waals surface area contributed by atoms with Crippen molar-refractivity contribution in [2.24, 2.45) is 0 Å². The maximum Gasteiger partial charge on any atom is 0.416 e. The Balaban J connectivity index is 2.26. The Bertz CT molecular complexity index is 1340. The highest BCUT2D eigenvalue weighted by molar-refractivity contribution is 6.04. The summed E-state index contributed by atoms with van der Waals surface area (Å²) in [4.78, 5) is 51.7. The van der Waals surface area contributed by atoms with E-state index in [2.05, 4.69) is 10.6 Å². The van der Waals surface area contributed by atoms with Crippen LogP contribution in [-0.2, 0) is 41.3 Å². The number of alkyl carbamates (subject to hydrolysis) is 1. The average molecular weight is 639 g/mol. The molecule has 0 aliphatic rings. The largest absolute Gasteiger partial charge is 0.458 e. The molecule has 2 aromatic rings. The number of hydrogen-bond acceptors (Lipinski definition) is 8. The number of rotatable bonds is 9. The van der Waals surface area contributed by atoms with Crippen LogP contribution in [0.2, 0.25) is 0 Å². The van der Waals surface area contributed by atoms with Gasteiger partial charge in [0.1, 0.15) is 16.8 Å². The molecule has 13 heteroatoms. The number of amides is 2. The Morgan fingerprint density at radius 3 is 1.64 bits per heavy atom. The number of carbonyl (C=O) groups is 4. The number of esters is 2. The maximum atomic E-state index is 13.3. The molecule has 2 rings (SSSR count). The molecule has 0 aromatic heterocycles.